The highest BCUT2D eigenvalue weighted by Crippen LogP contribution is 2.17. The summed E-state index contributed by atoms with van der Waals surface area (Å²) >= 11 is 3.34. The second kappa shape index (κ2) is 7.54. The highest BCUT2D eigenvalue weighted by Gasteiger charge is 2.03. The first-order chi connectivity index (χ1) is 10.1. The van der Waals surface area contributed by atoms with Crippen LogP contribution in [0, 0.1) is 0 Å². The Morgan fingerprint density at radius 1 is 1.33 bits per heavy atom. The summed E-state index contributed by atoms with van der Waals surface area (Å²) in [5, 5.41) is 3.99. The number of rotatable bonds is 5. The summed E-state index contributed by atoms with van der Waals surface area (Å²) < 4.78 is 6.25. The van der Waals surface area contributed by atoms with Gasteiger partial charge in [-0.15, -0.1) is 0 Å². The van der Waals surface area contributed by atoms with Crippen LogP contribution in [0.4, 0.5) is 0 Å². The topological polar surface area (TPSA) is 63.6 Å². The Morgan fingerprint density at radius 3 is 2.90 bits per heavy atom. The molecule has 0 aliphatic heterocycles. The number of hydrogen-bond acceptors (Lipinski definition) is 4. The Labute approximate surface area is 131 Å². The van der Waals surface area contributed by atoms with Crippen molar-refractivity contribution in [2.75, 3.05) is 6.61 Å². The molecule has 0 fully saturated rings. The minimum atomic E-state index is -0.328. The van der Waals surface area contributed by atoms with Crippen molar-refractivity contribution in [1.82, 2.24) is 10.4 Å². The van der Waals surface area contributed by atoms with Gasteiger partial charge in [0.15, 0.2) is 6.61 Å². The van der Waals surface area contributed by atoms with Crippen LogP contribution in [0.15, 0.2) is 58.2 Å². The SMILES string of the molecule is C/C(=N\NC(=O)COc1cccc(Br)c1)c1ccccn1. The van der Waals surface area contributed by atoms with Gasteiger partial charge in [-0.1, -0.05) is 28.1 Å². The molecule has 1 N–H and O–H groups in total. The first-order valence-corrected chi connectivity index (χ1v) is 7.07. The Morgan fingerprint density at radius 2 is 2.19 bits per heavy atom. The van der Waals surface area contributed by atoms with E-state index in [1.807, 2.05) is 30.3 Å². The monoisotopic (exact) mass is 347 g/mol. The maximum absolute atomic E-state index is 11.7. The van der Waals surface area contributed by atoms with Gasteiger partial charge in [-0.3, -0.25) is 9.78 Å². The molecule has 108 valence electrons. The third-order valence-corrected chi connectivity index (χ3v) is 3.04. The van der Waals surface area contributed by atoms with E-state index in [9.17, 15) is 4.79 Å². The van der Waals surface area contributed by atoms with E-state index in [1.165, 1.54) is 0 Å². The van der Waals surface area contributed by atoms with E-state index in [0.29, 0.717) is 17.2 Å². The zero-order chi connectivity index (χ0) is 15.1. The average Bonchev–Trinajstić information content (AvgIpc) is 2.51. The molecule has 6 heteroatoms. The van der Waals surface area contributed by atoms with E-state index in [1.54, 1.807) is 25.3 Å². The van der Waals surface area contributed by atoms with E-state index < -0.39 is 0 Å². The molecule has 0 unspecified atom stereocenters. The molecule has 0 radical (unpaired) electrons. The zero-order valence-electron chi connectivity index (χ0n) is 11.4. The third kappa shape index (κ3) is 5.00. The predicted molar refractivity (Wildman–Crippen MR) is 84.2 cm³/mol. The maximum Gasteiger partial charge on any atom is 0.277 e. The molecular formula is C15H14BrN3O2. The second-order valence-corrected chi connectivity index (χ2v) is 5.11. The van der Waals surface area contributed by atoms with Crippen molar-refractivity contribution in [3.05, 3.63) is 58.8 Å². The summed E-state index contributed by atoms with van der Waals surface area (Å²) in [5.41, 5.74) is 3.78. The van der Waals surface area contributed by atoms with Crippen LogP contribution in [0.25, 0.3) is 0 Å². The number of amides is 1. The van der Waals surface area contributed by atoms with Gasteiger partial charge in [-0.25, -0.2) is 5.43 Å². The molecule has 1 aromatic heterocycles. The molecule has 2 rings (SSSR count). The molecule has 5 nitrogen and oxygen atoms in total. The molecule has 21 heavy (non-hydrogen) atoms. The largest absolute Gasteiger partial charge is 0.484 e. The lowest BCUT2D eigenvalue weighted by Crippen LogP contribution is -2.25. The van der Waals surface area contributed by atoms with Crippen molar-refractivity contribution < 1.29 is 9.53 Å². The number of carbonyl (C=O) groups excluding carboxylic acids is 1. The standard InChI is InChI=1S/C15H14BrN3O2/c1-11(14-7-2-3-8-17-14)18-19-15(20)10-21-13-6-4-5-12(16)9-13/h2-9H,10H2,1H3,(H,19,20)/b18-11+. The minimum absolute atomic E-state index is 0.102. The Bertz CT molecular complexity index is 644. The molecule has 0 aliphatic carbocycles. The molecule has 1 heterocycles. The fourth-order valence-electron chi connectivity index (χ4n) is 1.52. The normalized spacial score (nSPS) is 11.0. The van der Waals surface area contributed by atoms with Crippen LogP contribution < -0.4 is 10.2 Å². The van der Waals surface area contributed by atoms with E-state index in [-0.39, 0.29) is 12.5 Å². The van der Waals surface area contributed by atoms with Crippen molar-refractivity contribution in [1.29, 1.82) is 0 Å². The highest BCUT2D eigenvalue weighted by atomic mass is 79.9. The van der Waals surface area contributed by atoms with Crippen LogP contribution in [-0.4, -0.2) is 23.2 Å². The average molecular weight is 348 g/mol. The number of pyridine rings is 1. The number of carbonyl (C=O) groups is 1. The van der Waals surface area contributed by atoms with Crippen molar-refractivity contribution in [2.24, 2.45) is 5.10 Å². The van der Waals surface area contributed by atoms with Gasteiger partial charge in [0.2, 0.25) is 0 Å². The van der Waals surface area contributed by atoms with E-state index in [4.69, 9.17) is 4.74 Å². The smallest absolute Gasteiger partial charge is 0.277 e. The molecule has 2 aromatic rings. The van der Waals surface area contributed by atoms with Crippen LogP contribution in [-0.2, 0) is 4.79 Å². The third-order valence-electron chi connectivity index (χ3n) is 2.55. The van der Waals surface area contributed by atoms with Gasteiger partial charge in [-0.2, -0.15) is 5.10 Å². The number of ether oxygens (including phenoxy) is 1. The van der Waals surface area contributed by atoms with Crippen LogP contribution in [0.5, 0.6) is 5.75 Å². The van der Waals surface area contributed by atoms with Gasteiger partial charge in [0, 0.05) is 10.7 Å². The van der Waals surface area contributed by atoms with Crippen molar-refractivity contribution in [3.8, 4) is 5.75 Å². The number of nitrogens with one attached hydrogen (secondary N) is 1. The zero-order valence-corrected chi connectivity index (χ0v) is 13.0. The highest BCUT2D eigenvalue weighted by molar-refractivity contribution is 9.10. The molecule has 1 aromatic carbocycles. The number of hydrogen-bond donors (Lipinski definition) is 1. The maximum atomic E-state index is 11.7. The molecule has 0 aliphatic rings. The number of halogens is 1. The summed E-state index contributed by atoms with van der Waals surface area (Å²) in [4.78, 5) is 15.8. The molecule has 1 amide bonds. The Kier molecular flexibility index (Phi) is 5.45. The number of hydrazone groups is 1. The molecule has 0 spiro atoms. The van der Waals surface area contributed by atoms with E-state index in [0.717, 1.165) is 4.47 Å². The van der Waals surface area contributed by atoms with Gasteiger partial charge >= 0.3 is 0 Å². The van der Waals surface area contributed by atoms with Crippen molar-refractivity contribution in [2.45, 2.75) is 6.92 Å². The molecule has 0 atom stereocenters. The van der Waals surface area contributed by atoms with Gasteiger partial charge in [-0.05, 0) is 37.3 Å². The van der Waals surface area contributed by atoms with Gasteiger partial charge in [0.1, 0.15) is 5.75 Å². The Hall–Kier alpha value is -2.21. The lowest BCUT2D eigenvalue weighted by Gasteiger charge is -2.06. The Balaban J connectivity index is 1.85. The van der Waals surface area contributed by atoms with Crippen LogP contribution >= 0.6 is 15.9 Å². The van der Waals surface area contributed by atoms with Gasteiger partial charge in [0.25, 0.3) is 5.91 Å². The second-order valence-electron chi connectivity index (χ2n) is 4.19. The van der Waals surface area contributed by atoms with Crippen LogP contribution in [0.1, 0.15) is 12.6 Å². The lowest BCUT2D eigenvalue weighted by molar-refractivity contribution is -0.123. The summed E-state index contributed by atoms with van der Waals surface area (Å²) in [7, 11) is 0. The number of nitrogens with zero attached hydrogens (tertiary/aromatic N) is 2. The van der Waals surface area contributed by atoms with Gasteiger partial charge in [0.05, 0.1) is 11.4 Å². The number of aromatic nitrogens is 1. The molecular weight excluding hydrogens is 334 g/mol. The first-order valence-electron chi connectivity index (χ1n) is 6.28. The summed E-state index contributed by atoms with van der Waals surface area (Å²) in [6.07, 6.45) is 1.67. The minimum Gasteiger partial charge on any atom is -0.484 e. The summed E-state index contributed by atoms with van der Waals surface area (Å²) in [6.45, 7) is 1.67. The molecule has 0 saturated carbocycles. The molecule has 0 saturated heterocycles. The quantitative estimate of drug-likeness (QED) is 0.668. The fraction of sp³-hybridized carbons (Fsp3) is 0.133. The summed E-state index contributed by atoms with van der Waals surface area (Å²) in [5.74, 6) is 0.287. The van der Waals surface area contributed by atoms with Crippen LogP contribution in [0.3, 0.4) is 0 Å². The van der Waals surface area contributed by atoms with Crippen molar-refractivity contribution in [3.63, 3.8) is 0 Å². The molecule has 0 bridgehead atoms. The van der Waals surface area contributed by atoms with E-state index >= 15 is 0 Å². The van der Waals surface area contributed by atoms with Crippen LogP contribution in [0.2, 0.25) is 0 Å². The fourth-order valence-corrected chi connectivity index (χ4v) is 1.90. The first kappa shape index (κ1) is 15.2. The van der Waals surface area contributed by atoms with Gasteiger partial charge < -0.3 is 4.74 Å². The predicted octanol–water partition coefficient (Wildman–Crippen LogP) is 2.76. The number of benzene rings is 1. The van der Waals surface area contributed by atoms with E-state index in [2.05, 4.69) is 31.4 Å². The van der Waals surface area contributed by atoms with Crippen molar-refractivity contribution >= 4 is 27.5 Å². The lowest BCUT2D eigenvalue weighted by atomic mass is 10.3. The summed E-state index contributed by atoms with van der Waals surface area (Å²) in [6, 6.07) is 12.8.